The van der Waals surface area contributed by atoms with Crippen molar-refractivity contribution < 1.29 is 0 Å². The van der Waals surface area contributed by atoms with E-state index in [0.717, 1.165) is 72.3 Å². The maximum absolute atomic E-state index is 6.76. The molecule has 0 saturated heterocycles. The van der Waals surface area contributed by atoms with E-state index in [9.17, 15) is 0 Å². The first kappa shape index (κ1) is 41.8. The summed E-state index contributed by atoms with van der Waals surface area (Å²) in [6, 6.07) is 22.8. The molecule has 274 valence electrons. The Bertz CT molecular complexity index is 2270. The van der Waals surface area contributed by atoms with Crippen LogP contribution in [0.5, 0.6) is 0 Å². The molecule has 0 aliphatic carbocycles. The van der Waals surface area contributed by atoms with E-state index < -0.39 is 0 Å². The molecule has 0 atom stereocenters. The molecule has 0 bridgehead atoms. The first-order valence-electron chi connectivity index (χ1n) is 17.9. The predicted octanol–water partition coefficient (Wildman–Crippen LogP) is 12.9. The zero-order valence-electron chi connectivity index (χ0n) is 32.3. The van der Waals surface area contributed by atoms with Crippen LogP contribution in [0.1, 0.15) is 38.8 Å². The molecule has 4 nitrogen and oxygen atoms in total. The van der Waals surface area contributed by atoms with Crippen LogP contribution in [0.25, 0.3) is 39.2 Å². The number of anilines is 1. The van der Waals surface area contributed by atoms with Crippen LogP contribution < -0.4 is 11.5 Å². The molecule has 0 spiro atoms. The fourth-order valence-electron chi connectivity index (χ4n) is 5.87. The van der Waals surface area contributed by atoms with Crippen LogP contribution in [0.4, 0.5) is 5.69 Å². The SMILES string of the molecule is C=C/C=C(\C=C/C)C(/C=C(N)/C(C=C)=C/C=C)=NC/C(C)=C/C(=C\C(=C)n1c2ccccc2c2c(N)c(/C=C\C)ccc21)c1ccccc1.C=C/C=C\C. The summed E-state index contributed by atoms with van der Waals surface area (Å²) in [5.41, 5.74) is 24.0. The topological polar surface area (TPSA) is 69.3 Å². The van der Waals surface area contributed by atoms with Crippen molar-refractivity contribution in [2.24, 2.45) is 10.7 Å². The van der Waals surface area contributed by atoms with Crippen molar-refractivity contribution in [3.8, 4) is 0 Å². The smallest absolute Gasteiger partial charge is 0.0671 e. The number of aromatic nitrogens is 1. The number of nitrogen functional groups attached to an aromatic ring is 1. The molecule has 0 unspecified atom stereocenters. The van der Waals surface area contributed by atoms with E-state index in [1.54, 1.807) is 24.3 Å². The monoisotopic (exact) mass is 710 g/mol. The van der Waals surface area contributed by atoms with Crippen molar-refractivity contribution in [2.75, 3.05) is 12.3 Å². The zero-order chi connectivity index (χ0) is 39.5. The van der Waals surface area contributed by atoms with Gasteiger partial charge in [0.25, 0.3) is 0 Å². The van der Waals surface area contributed by atoms with Crippen molar-refractivity contribution in [3.05, 3.63) is 218 Å². The Hall–Kier alpha value is -6.65. The summed E-state index contributed by atoms with van der Waals surface area (Å²) in [5, 5.41) is 2.11. The summed E-state index contributed by atoms with van der Waals surface area (Å²) in [6.45, 7) is 28.1. The number of fused-ring (bicyclic) bond motifs is 3. The minimum absolute atomic E-state index is 0.441. The fraction of sp³-hybridized carbons (Fsp3) is 0.100. The Morgan fingerprint density at radius 2 is 1.44 bits per heavy atom. The van der Waals surface area contributed by atoms with E-state index in [0.29, 0.717) is 12.2 Å². The van der Waals surface area contributed by atoms with Gasteiger partial charge in [-0.1, -0.05) is 172 Å². The van der Waals surface area contributed by atoms with Gasteiger partial charge in [0.1, 0.15) is 0 Å². The van der Waals surface area contributed by atoms with Crippen LogP contribution in [0.15, 0.2) is 212 Å². The molecule has 54 heavy (non-hydrogen) atoms. The van der Waals surface area contributed by atoms with Gasteiger partial charge >= 0.3 is 0 Å². The largest absolute Gasteiger partial charge is 0.398 e. The van der Waals surface area contributed by atoms with Gasteiger partial charge in [0.2, 0.25) is 0 Å². The van der Waals surface area contributed by atoms with Gasteiger partial charge in [-0.2, -0.15) is 0 Å². The third kappa shape index (κ3) is 10.9. The number of hydrogen-bond acceptors (Lipinski definition) is 3. The molecule has 1 heterocycles. The second kappa shape index (κ2) is 21.7. The Morgan fingerprint density at radius 1 is 0.759 bits per heavy atom. The predicted molar refractivity (Wildman–Crippen MR) is 243 cm³/mol. The highest BCUT2D eigenvalue weighted by atomic mass is 15.0. The second-order valence-electron chi connectivity index (χ2n) is 12.2. The Morgan fingerprint density at radius 3 is 2.06 bits per heavy atom. The average molecular weight is 711 g/mol. The van der Waals surface area contributed by atoms with E-state index in [4.69, 9.17) is 16.5 Å². The molecule has 0 aliphatic rings. The third-order valence-electron chi connectivity index (χ3n) is 8.29. The summed E-state index contributed by atoms with van der Waals surface area (Å²) in [4.78, 5) is 5.03. The van der Waals surface area contributed by atoms with Crippen LogP contribution in [-0.4, -0.2) is 16.8 Å². The highest BCUT2D eigenvalue weighted by Gasteiger charge is 2.16. The number of para-hydroxylation sites is 1. The van der Waals surface area contributed by atoms with E-state index in [1.165, 1.54) is 0 Å². The first-order valence-corrected chi connectivity index (χ1v) is 17.9. The Labute approximate surface area is 323 Å². The normalized spacial score (nSPS) is 13.5. The summed E-state index contributed by atoms with van der Waals surface area (Å²) in [5.74, 6) is 0. The number of nitrogens with two attached hydrogens (primary N) is 2. The van der Waals surface area contributed by atoms with Gasteiger partial charge in [-0.25, -0.2) is 0 Å². The molecular formula is C50H54N4. The maximum atomic E-state index is 6.76. The van der Waals surface area contributed by atoms with Crippen LogP contribution in [0.2, 0.25) is 0 Å². The fourth-order valence-corrected chi connectivity index (χ4v) is 5.87. The molecule has 0 radical (unpaired) electrons. The minimum Gasteiger partial charge on any atom is -0.398 e. The van der Waals surface area contributed by atoms with Gasteiger partial charge in [0.15, 0.2) is 0 Å². The van der Waals surface area contributed by atoms with Gasteiger partial charge in [-0.3, -0.25) is 4.99 Å². The summed E-state index contributed by atoms with van der Waals surface area (Å²) < 4.78 is 2.19. The molecule has 4 aromatic rings. The minimum atomic E-state index is 0.441. The summed E-state index contributed by atoms with van der Waals surface area (Å²) >= 11 is 0. The van der Waals surface area contributed by atoms with Crippen molar-refractivity contribution in [2.45, 2.75) is 27.7 Å². The lowest BCUT2D eigenvalue weighted by Crippen LogP contribution is -2.07. The van der Waals surface area contributed by atoms with Gasteiger partial charge in [-0.15, -0.1) is 0 Å². The molecule has 0 amide bonds. The van der Waals surface area contributed by atoms with Gasteiger partial charge in [0, 0.05) is 27.9 Å². The van der Waals surface area contributed by atoms with Crippen molar-refractivity contribution in [1.29, 1.82) is 0 Å². The second-order valence-corrected chi connectivity index (χ2v) is 12.2. The van der Waals surface area contributed by atoms with Crippen molar-refractivity contribution >= 4 is 50.6 Å². The molecule has 4 heteroatoms. The Kier molecular flexibility index (Phi) is 16.7. The van der Waals surface area contributed by atoms with E-state index >= 15 is 0 Å². The number of aliphatic imine (C=N–C) groups is 1. The van der Waals surface area contributed by atoms with E-state index in [-0.39, 0.29) is 0 Å². The van der Waals surface area contributed by atoms with Crippen LogP contribution in [0, 0.1) is 0 Å². The lowest BCUT2D eigenvalue weighted by molar-refractivity contribution is 1.13. The third-order valence-corrected chi connectivity index (χ3v) is 8.29. The highest BCUT2D eigenvalue weighted by Crippen LogP contribution is 2.37. The van der Waals surface area contributed by atoms with Crippen molar-refractivity contribution in [1.82, 2.24) is 4.57 Å². The summed E-state index contributed by atoms with van der Waals surface area (Å²) in [7, 11) is 0. The number of nitrogens with zero attached hydrogens (tertiary/aromatic N) is 2. The first-order chi connectivity index (χ1) is 26.2. The number of benzene rings is 3. The lowest BCUT2D eigenvalue weighted by atomic mass is 10.0. The molecule has 0 saturated carbocycles. The number of hydrogen-bond donors (Lipinski definition) is 2. The molecule has 4 rings (SSSR count). The zero-order valence-corrected chi connectivity index (χ0v) is 32.3. The van der Waals surface area contributed by atoms with Crippen LogP contribution in [-0.2, 0) is 0 Å². The maximum Gasteiger partial charge on any atom is 0.0671 e. The molecular weight excluding hydrogens is 657 g/mol. The highest BCUT2D eigenvalue weighted by molar-refractivity contribution is 6.17. The summed E-state index contributed by atoms with van der Waals surface area (Å²) in [6.07, 6.45) is 28.6. The Balaban J connectivity index is 0.00000147. The quantitative estimate of drug-likeness (QED) is 0.0732. The van der Waals surface area contributed by atoms with Crippen molar-refractivity contribution in [3.63, 3.8) is 0 Å². The van der Waals surface area contributed by atoms with Gasteiger partial charge in [0.05, 0.1) is 23.3 Å². The average Bonchev–Trinajstić information content (AvgIpc) is 3.52. The molecule has 0 fully saturated rings. The van der Waals surface area contributed by atoms with E-state index in [2.05, 4.69) is 92.9 Å². The number of rotatable bonds is 15. The van der Waals surface area contributed by atoms with Gasteiger partial charge in [-0.05, 0) is 79.8 Å². The standard InChI is InChI=1S/C45H46N4.C5H8/c1-8-18-34(12-5)40(46)30-41(36(19-9-2)20-10-3)48-31-32(6)28-38(35-22-14-13-15-23-35)29-33(7)49-42-25-17-16-24-39(42)44-43(49)27-26-37(21-11-4)45(44)47;1-3-5-4-2/h8-30H,1-2,5,7,31,46-47H2,3-4,6H3;3-5H,1H2,2H3/b20-10-,21-11-,32-28+,34-18+,36-19+,38-29+,40-30-,48-41?;5-4-. The molecule has 0 aliphatic heterocycles. The lowest BCUT2D eigenvalue weighted by Gasteiger charge is -2.12. The number of allylic oxidation sites excluding steroid dienone is 17. The molecule has 4 N–H and O–H groups in total. The van der Waals surface area contributed by atoms with Crippen LogP contribution in [0.3, 0.4) is 0 Å². The van der Waals surface area contributed by atoms with Gasteiger partial charge < -0.3 is 16.0 Å². The molecule has 1 aromatic heterocycles. The van der Waals surface area contributed by atoms with Crippen LogP contribution >= 0.6 is 0 Å². The molecule has 3 aromatic carbocycles. The van der Waals surface area contributed by atoms with E-state index in [1.807, 2.05) is 106 Å².